The average Bonchev–Trinajstić information content (AvgIpc) is 2.63. The highest BCUT2D eigenvalue weighted by molar-refractivity contribution is 5.91. The minimum absolute atomic E-state index is 0.134. The van der Waals surface area contributed by atoms with Crippen molar-refractivity contribution in [3.8, 4) is 0 Å². The van der Waals surface area contributed by atoms with E-state index in [1.54, 1.807) is 20.1 Å². The van der Waals surface area contributed by atoms with Crippen LogP contribution in [0.1, 0.15) is 12.2 Å². The van der Waals surface area contributed by atoms with Crippen LogP contribution in [-0.2, 0) is 9.53 Å². The molecule has 0 bridgehead atoms. The number of carbonyl (C=O) groups is 1. The number of hydrogen-bond donors (Lipinski definition) is 2. The topological polar surface area (TPSA) is 76.4 Å². The molecule has 6 heteroatoms. The van der Waals surface area contributed by atoms with E-state index < -0.39 is 0 Å². The zero-order valence-corrected chi connectivity index (χ0v) is 9.58. The number of anilines is 1. The van der Waals surface area contributed by atoms with Crippen LogP contribution >= 0.6 is 0 Å². The molecule has 1 aromatic heterocycles. The molecule has 0 saturated heterocycles. The predicted octanol–water partition coefficient (Wildman–Crippen LogP) is 0.548. The second kappa shape index (κ2) is 6.97. The molecule has 6 nitrogen and oxygen atoms in total. The minimum Gasteiger partial charge on any atom is -0.385 e. The SMILES string of the molecule is COCCCNCC(=O)Nc1cc(C)on1. The maximum Gasteiger partial charge on any atom is 0.239 e. The van der Waals surface area contributed by atoms with E-state index in [4.69, 9.17) is 9.26 Å². The number of nitrogens with zero attached hydrogens (tertiary/aromatic N) is 1. The summed E-state index contributed by atoms with van der Waals surface area (Å²) in [5.41, 5.74) is 0. The Labute approximate surface area is 94.3 Å². The number of carbonyl (C=O) groups excluding carboxylic acids is 1. The van der Waals surface area contributed by atoms with Gasteiger partial charge < -0.3 is 19.9 Å². The van der Waals surface area contributed by atoms with Gasteiger partial charge in [-0.25, -0.2) is 0 Å². The molecule has 0 aliphatic heterocycles. The zero-order chi connectivity index (χ0) is 11.8. The lowest BCUT2D eigenvalue weighted by atomic mass is 10.4. The van der Waals surface area contributed by atoms with Crippen molar-refractivity contribution in [2.75, 3.05) is 32.1 Å². The molecule has 0 saturated carbocycles. The Hall–Kier alpha value is -1.40. The third kappa shape index (κ3) is 4.90. The maximum absolute atomic E-state index is 11.4. The molecule has 16 heavy (non-hydrogen) atoms. The smallest absolute Gasteiger partial charge is 0.239 e. The van der Waals surface area contributed by atoms with Crippen molar-refractivity contribution in [2.24, 2.45) is 0 Å². The highest BCUT2D eigenvalue weighted by Crippen LogP contribution is 2.05. The summed E-state index contributed by atoms with van der Waals surface area (Å²) in [6.07, 6.45) is 0.882. The molecule has 0 spiro atoms. The Balaban J connectivity index is 2.11. The molecular weight excluding hydrogens is 210 g/mol. The van der Waals surface area contributed by atoms with Gasteiger partial charge >= 0.3 is 0 Å². The highest BCUT2D eigenvalue weighted by atomic mass is 16.5. The number of aromatic nitrogens is 1. The molecule has 0 unspecified atom stereocenters. The number of ether oxygens (including phenoxy) is 1. The summed E-state index contributed by atoms with van der Waals surface area (Å²) in [4.78, 5) is 11.4. The van der Waals surface area contributed by atoms with Gasteiger partial charge in [0.2, 0.25) is 5.91 Å². The number of hydrogen-bond acceptors (Lipinski definition) is 5. The van der Waals surface area contributed by atoms with Gasteiger partial charge in [0.15, 0.2) is 5.82 Å². The van der Waals surface area contributed by atoms with Gasteiger partial charge in [0.25, 0.3) is 0 Å². The molecule has 1 heterocycles. The lowest BCUT2D eigenvalue weighted by Crippen LogP contribution is -2.29. The molecule has 0 atom stereocenters. The fourth-order valence-electron chi connectivity index (χ4n) is 1.16. The number of nitrogens with one attached hydrogen (secondary N) is 2. The van der Waals surface area contributed by atoms with Crippen molar-refractivity contribution in [1.82, 2.24) is 10.5 Å². The Morgan fingerprint density at radius 3 is 3.06 bits per heavy atom. The van der Waals surface area contributed by atoms with Crippen LogP contribution in [0.25, 0.3) is 0 Å². The normalized spacial score (nSPS) is 10.4. The summed E-state index contributed by atoms with van der Waals surface area (Å²) in [7, 11) is 1.65. The first-order valence-electron chi connectivity index (χ1n) is 5.15. The van der Waals surface area contributed by atoms with Gasteiger partial charge in [0.05, 0.1) is 6.54 Å². The standard InChI is InChI=1S/C10H17N3O3/c1-8-6-9(13-16-8)12-10(14)7-11-4-3-5-15-2/h6,11H,3-5,7H2,1-2H3,(H,12,13,14). The van der Waals surface area contributed by atoms with Crippen LogP contribution in [0.2, 0.25) is 0 Å². The van der Waals surface area contributed by atoms with Gasteiger partial charge in [-0.3, -0.25) is 4.79 Å². The lowest BCUT2D eigenvalue weighted by molar-refractivity contribution is -0.115. The first-order valence-corrected chi connectivity index (χ1v) is 5.15. The monoisotopic (exact) mass is 227 g/mol. The third-order valence-electron chi connectivity index (χ3n) is 1.88. The number of rotatable bonds is 7. The molecule has 90 valence electrons. The lowest BCUT2D eigenvalue weighted by Gasteiger charge is -2.03. The van der Waals surface area contributed by atoms with Gasteiger partial charge in [-0.1, -0.05) is 5.16 Å². The Kier molecular flexibility index (Phi) is 5.52. The quantitative estimate of drug-likeness (QED) is 0.665. The van der Waals surface area contributed by atoms with Crippen molar-refractivity contribution < 1.29 is 14.1 Å². The second-order valence-electron chi connectivity index (χ2n) is 3.39. The van der Waals surface area contributed by atoms with E-state index in [2.05, 4.69) is 15.8 Å². The van der Waals surface area contributed by atoms with Crippen molar-refractivity contribution in [2.45, 2.75) is 13.3 Å². The van der Waals surface area contributed by atoms with Crippen molar-refractivity contribution in [1.29, 1.82) is 0 Å². The molecule has 0 aliphatic carbocycles. The zero-order valence-electron chi connectivity index (χ0n) is 9.58. The van der Waals surface area contributed by atoms with E-state index in [1.165, 1.54) is 0 Å². The molecule has 1 amide bonds. The van der Waals surface area contributed by atoms with Crippen LogP contribution in [0.4, 0.5) is 5.82 Å². The number of amides is 1. The Morgan fingerprint density at radius 2 is 2.44 bits per heavy atom. The van der Waals surface area contributed by atoms with Crippen LogP contribution < -0.4 is 10.6 Å². The molecule has 0 aromatic carbocycles. The molecule has 0 aliphatic rings. The molecule has 0 fully saturated rings. The minimum atomic E-state index is -0.134. The fraction of sp³-hybridized carbons (Fsp3) is 0.600. The summed E-state index contributed by atoms with van der Waals surface area (Å²) in [5, 5.41) is 9.27. The largest absolute Gasteiger partial charge is 0.385 e. The van der Waals surface area contributed by atoms with E-state index in [0.29, 0.717) is 18.2 Å². The van der Waals surface area contributed by atoms with E-state index in [1.807, 2.05) is 0 Å². The van der Waals surface area contributed by atoms with Gasteiger partial charge in [0, 0.05) is 19.8 Å². The van der Waals surface area contributed by atoms with Crippen molar-refractivity contribution in [3.05, 3.63) is 11.8 Å². The van der Waals surface area contributed by atoms with Gasteiger partial charge in [-0.15, -0.1) is 0 Å². The van der Waals surface area contributed by atoms with E-state index >= 15 is 0 Å². The summed E-state index contributed by atoms with van der Waals surface area (Å²) in [5.74, 6) is 0.982. The van der Waals surface area contributed by atoms with Crippen LogP contribution in [0.15, 0.2) is 10.6 Å². The fourth-order valence-corrected chi connectivity index (χ4v) is 1.16. The van der Waals surface area contributed by atoms with Gasteiger partial charge in [0.1, 0.15) is 5.76 Å². The first kappa shape index (κ1) is 12.7. The van der Waals surface area contributed by atoms with Crippen LogP contribution in [0.3, 0.4) is 0 Å². The molecular formula is C10H17N3O3. The van der Waals surface area contributed by atoms with Crippen LogP contribution in [-0.4, -0.2) is 37.9 Å². The Bertz CT molecular complexity index is 325. The average molecular weight is 227 g/mol. The number of aryl methyl sites for hydroxylation is 1. The van der Waals surface area contributed by atoms with E-state index in [9.17, 15) is 4.79 Å². The number of methoxy groups -OCH3 is 1. The van der Waals surface area contributed by atoms with E-state index in [0.717, 1.165) is 13.0 Å². The Morgan fingerprint density at radius 1 is 1.62 bits per heavy atom. The van der Waals surface area contributed by atoms with Crippen molar-refractivity contribution >= 4 is 11.7 Å². The van der Waals surface area contributed by atoms with Gasteiger partial charge in [-0.2, -0.15) is 0 Å². The summed E-state index contributed by atoms with van der Waals surface area (Å²) in [6, 6.07) is 1.67. The molecule has 0 radical (unpaired) electrons. The molecule has 1 aromatic rings. The van der Waals surface area contributed by atoms with Gasteiger partial charge in [-0.05, 0) is 19.9 Å². The highest BCUT2D eigenvalue weighted by Gasteiger charge is 2.04. The predicted molar refractivity (Wildman–Crippen MR) is 59.2 cm³/mol. The second-order valence-corrected chi connectivity index (χ2v) is 3.39. The first-order chi connectivity index (χ1) is 7.72. The molecule has 1 rings (SSSR count). The van der Waals surface area contributed by atoms with Crippen LogP contribution in [0, 0.1) is 6.92 Å². The molecule has 2 N–H and O–H groups in total. The van der Waals surface area contributed by atoms with Crippen LogP contribution in [0.5, 0.6) is 0 Å². The van der Waals surface area contributed by atoms with E-state index in [-0.39, 0.29) is 12.5 Å². The summed E-state index contributed by atoms with van der Waals surface area (Å²) < 4.78 is 9.71. The van der Waals surface area contributed by atoms with Crippen molar-refractivity contribution in [3.63, 3.8) is 0 Å². The third-order valence-corrected chi connectivity index (χ3v) is 1.88. The summed E-state index contributed by atoms with van der Waals surface area (Å²) in [6.45, 7) is 3.47. The maximum atomic E-state index is 11.4. The summed E-state index contributed by atoms with van der Waals surface area (Å²) >= 11 is 0.